The molecule has 0 amide bonds. The van der Waals surface area contributed by atoms with Gasteiger partial charge in [0, 0.05) is 6.92 Å². The number of hydrogen-bond donors (Lipinski definition) is 0. The zero-order chi connectivity index (χ0) is 21.8. The number of carbonyl (C=O) groups is 2. The Kier molecular flexibility index (Phi) is 4.79. The summed E-state index contributed by atoms with van der Waals surface area (Å²) < 4.78 is 37.8. The molecule has 0 radical (unpaired) electrons. The lowest BCUT2D eigenvalue weighted by atomic mass is 9.48. The summed E-state index contributed by atoms with van der Waals surface area (Å²) in [6, 6.07) is 13.9. The van der Waals surface area contributed by atoms with Gasteiger partial charge >= 0.3 is 17.9 Å². The number of carbonyl (C=O) groups excluding carboxylic acids is 2. The smallest absolute Gasteiger partial charge is 0.376 e. The van der Waals surface area contributed by atoms with Crippen LogP contribution in [-0.2, 0) is 25.7 Å². The average molecular weight is 428 g/mol. The number of ether oxygens (including phenoxy) is 2. The summed E-state index contributed by atoms with van der Waals surface area (Å²) in [5.41, 5.74) is 0.381. The predicted molar refractivity (Wildman–Crippen MR) is 110 cm³/mol. The van der Waals surface area contributed by atoms with Crippen LogP contribution >= 0.6 is 0 Å². The Morgan fingerprint density at radius 3 is 2.42 bits per heavy atom. The van der Waals surface area contributed by atoms with Gasteiger partial charge in [0.05, 0.1) is 5.41 Å². The van der Waals surface area contributed by atoms with Crippen molar-refractivity contribution in [3.05, 3.63) is 48.0 Å². The van der Waals surface area contributed by atoms with E-state index in [-0.39, 0.29) is 24.4 Å². The van der Waals surface area contributed by atoms with Crippen LogP contribution in [0.4, 0.5) is 8.78 Å². The Morgan fingerprint density at radius 1 is 1.03 bits per heavy atom. The van der Waals surface area contributed by atoms with Crippen molar-refractivity contribution < 1.29 is 27.8 Å². The molecule has 0 N–H and O–H groups in total. The van der Waals surface area contributed by atoms with Crippen molar-refractivity contribution in [1.29, 1.82) is 0 Å². The van der Waals surface area contributed by atoms with Crippen LogP contribution in [0.25, 0.3) is 10.8 Å². The number of esters is 2. The van der Waals surface area contributed by atoms with E-state index in [1.54, 1.807) is 0 Å². The lowest BCUT2D eigenvalue weighted by Crippen LogP contribution is -2.58. The van der Waals surface area contributed by atoms with Crippen molar-refractivity contribution in [1.82, 2.24) is 0 Å². The minimum atomic E-state index is -3.50. The summed E-state index contributed by atoms with van der Waals surface area (Å²) >= 11 is 0. The van der Waals surface area contributed by atoms with E-state index < -0.39 is 23.4 Å². The molecular weight excluding hydrogens is 402 g/mol. The van der Waals surface area contributed by atoms with Crippen molar-refractivity contribution in [3.63, 3.8) is 0 Å². The Morgan fingerprint density at radius 2 is 1.71 bits per heavy atom. The van der Waals surface area contributed by atoms with Crippen LogP contribution in [0, 0.1) is 23.2 Å². The number of hydrogen-bond acceptors (Lipinski definition) is 4. The lowest BCUT2D eigenvalue weighted by molar-refractivity contribution is -0.207. The first kappa shape index (κ1) is 20.4. The summed E-state index contributed by atoms with van der Waals surface area (Å²) in [5, 5.41) is 2.17. The third-order valence-corrected chi connectivity index (χ3v) is 7.46. The standard InChI is InChI=1S/C25H26F2O4/c1-24(26,27)22(28)31-21-18-9-15-10-19(21)13-25(11-15,12-18)23(29)30-14-17-7-4-6-16-5-2-3-8-20(16)17/h2-8,15,18-19,21H,9-14H2,1H3. The third kappa shape index (κ3) is 3.60. The topological polar surface area (TPSA) is 52.6 Å². The van der Waals surface area contributed by atoms with E-state index in [9.17, 15) is 18.4 Å². The number of benzene rings is 2. The Labute approximate surface area is 179 Å². The van der Waals surface area contributed by atoms with Gasteiger partial charge < -0.3 is 9.47 Å². The molecule has 6 heteroatoms. The summed E-state index contributed by atoms with van der Waals surface area (Å²) in [7, 11) is 0. The number of alkyl halides is 2. The van der Waals surface area contributed by atoms with Gasteiger partial charge in [0.1, 0.15) is 12.7 Å². The second-order valence-corrected chi connectivity index (χ2v) is 9.72. The van der Waals surface area contributed by atoms with E-state index in [0.717, 1.165) is 35.6 Å². The maximum atomic E-state index is 13.4. The Balaban J connectivity index is 1.30. The van der Waals surface area contributed by atoms with E-state index >= 15 is 0 Å². The fourth-order valence-corrected chi connectivity index (χ4v) is 6.36. The van der Waals surface area contributed by atoms with Crippen molar-refractivity contribution in [2.45, 2.75) is 57.7 Å². The minimum absolute atomic E-state index is 0.0531. The number of fused-ring (bicyclic) bond motifs is 1. The molecule has 0 spiro atoms. The van der Waals surface area contributed by atoms with Crippen LogP contribution in [0.3, 0.4) is 0 Å². The van der Waals surface area contributed by atoms with Crippen LogP contribution in [0.15, 0.2) is 42.5 Å². The fourth-order valence-electron chi connectivity index (χ4n) is 6.36. The van der Waals surface area contributed by atoms with E-state index in [0.29, 0.717) is 25.7 Å². The first-order valence-corrected chi connectivity index (χ1v) is 11.0. The van der Waals surface area contributed by atoms with Gasteiger partial charge in [-0.25, -0.2) is 4.79 Å². The van der Waals surface area contributed by atoms with Gasteiger partial charge in [0.2, 0.25) is 0 Å². The molecule has 4 aliphatic carbocycles. The van der Waals surface area contributed by atoms with E-state index in [2.05, 4.69) is 0 Å². The third-order valence-electron chi connectivity index (χ3n) is 7.46. The summed E-state index contributed by atoms with van der Waals surface area (Å²) in [5.74, 6) is -4.91. The average Bonchev–Trinajstić information content (AvgIpc) is 2.73. The van der Waals surface area contributed by atoms with Gasteiger partial charge in [0.15, 0.2) is 0 Å². The molecule has 0 heterocycles. The molecule has 164 valence electrons. The molecule has 2 unspecified atom stereocenters. The van der Waals surface area contributed by atoms with E-state index in [1.807, 2.05) is 42.5 Å². The normalized spacial score (nSPS) is 31.6. The van der Waals surface area contributed by atoms with Gasteiger partial charge in [-0.15, -0.1) is 0 Å². The molecule has 31 heavy (non-hydrogen) atoms. The molecular formula is C25H26F2O4. The molecule has 2 aromatic rings. The van der Waals surface area contributed by atoms with Crippen LogP contribution in [0.1, 0.15) is 44.6 Å². The summed E-state index contributed by atoms with van der Waals surface area (Å²) in [6.45, 7) is 0.778. The van der Waals surface area contributed by atoms with Crippen LogP contribution in [-0.4, -0.2) is 24.0 Å². The second-order valence-electron chi connectivity index (χ2n) is 9.72. The highest BCUT2D eigenvalue weighted by molar-refractivity contribution is 5.86. The van der Waals surface area contributed by atoms with Crippen molar-refractivity contribution in [2.24, 2.45) is 23.2 Å². The SMILES string of the molecule is CC(F)(F)C(=O)OC1C2CC3CC1CC(C(=O)OCc1cccc4ccccc14)(C3)C2. The molecule has 0 saturated heterocycles. The van der Waals surface area contributed by atoms with E-state index in [4.69, 9.17) is 9.47 Å². The zero-order valence-electron chi connectivity index (χ0n) is 17.5. The van der Waals surface area contributed by atoms with Gasteiger partial charge in [-0.05, 0) is 66.2 Å². The predicted octanol–water partition coefficient (Wildman–Crippen LogP) is 5.28. The second kappa shape index (κ2) is 7.28. The zero-order valence-corrected chi connectivity index (χ0v) is 17.5. The maximum absolute atomic E-state index is 13.4. The Bertz CT molecular complexity index is 1010. The van der Waals surface area contributed by atoms with Crippen LogP contribution in [0.2, 0.25) is 0 Å². The molecule has 0 aromatic heterocycles. The molecule has 4 aliphatic rings. The van der Waals surface area contributed by atoms with Gasteiger partial charge in [-0.1, -0.05) is 42.5 Å². The van der Waals surface area contributed by atoms with Crippen molar-refractivity contribution in [3.8, 4) is 0 Å². The Hall–Kier alpha value is -2.50. The monoisotopic (exact) mass is 428 g/mol. The largest absolute Gasteiger partial charge is 0.460 e. The molecule has 2 aromatic carbocycles. The van der Waals surface area contributed by atoms with Crippen LogP contribution in [0.5, 0.6) is 0 Å². The first-order valence-electron chi connectivity index (χ1n) is 11.0. The van der Waals surface area contributed by atoms with Crippen LogP contribution < -0.4 is 0 Å². The highest BCUT2D eigenvalue weighted by atomic mass is 19.3. The molecule has 2 atom stereocenters. The molecule has 6 rings (SSSR count). The highest BCUT2D eigenvalue weighted by Gasteiger charge is 2.60. The lowest BCUT2D eigenvalue weighted by Gasteiger charge is -2.57. The number of rotatable bonds is 5. The van der Waals surface area contributed by atoms with Gasteiger partial charge in [-0.3, -0.25) is 4.79 Å². The molecule has 4 bridgehead atoms. The van der Waals surface area contributed by atoms with Crippen molar-refractivity contribution in [2.75, 3.05) is 0 Å². The summed E-state index contributed by atoms with van der Waals surface area (Å²) in [4.78, 5) is 25.0. The van der Waals surface area contributed by atoms with E-state index in [1.165, 1.54) is 0 Å². The first-order chi connectivity index (χ1) is 14.7. The maximum Gasteiger partial charge on any atom is 0.376 e. The molecule has 4 fully saturated rings. The fraction of sp³-hybridized carbons (Fsp3) is 0.520. The quantitative estimate of drug-likeness (QED) is 0.609. The molecule has 0 aliphatic heterocycles. The summed E-state index contributed by atoms with van der Waals surface area (Å²) in [6.07, 6.45) is 2.99. The van der Waals surface area contributed by atoms with Gasteiger partial charge in [0.25, 0.3) is 0 Å². The highest BCUT2D eigenvalue weighted by Crippen LogP contribution is 2.61. The minimum Gasteiger partial charge on any atom is -0.460 e. The van der Waals surface area contributed by atoms with Gasteiger partial charge in [-0.2, -0.15) is 8.78 Å². The molecule has 4 nitrogen and oxygen atoms in total. The number of halogens is 2. The molecule has 4 saturated carbocycles. The van der Waals surface area contributed by atoms with Crippen molar-refractivity contribution >= 4 is 22.7 Å².